The second kappa shape index (κ2) is 43.5. The van der Waals surface area contributed by atoms with Gasteiger partial charge in [-0.3, -0.25) is 19.2 Å². The van der Waals surface area contributed by atoms with Crippen molar-refractivity contribution < 1.29 is 19.2 Å². The molecule has 3 amide bonds. The molecule has 0 radical (unpaired) electrons. The minimum absolute atomic E-state index is 0.0644. The Hall–Kier alpha value is -1.96. The summed E-state index contributed by atoms with van der Waals surface area (Å²) in [5, 5.41) is 11.7. The Kier molecular flexibility index (Phi) is 51.5. The summed E-state index contributed by atoms with van der Waals surface area (Å²) in [4.78, 5) is 49.2. The van der Waals surface area contributed by atoms with Crippen molar-refractivity contribution in [3.05, 3.63) is 0 Å². The number of carbonyl (C=O) groups is 4. The molecule has 0 bridgehead atoms. The van der Waals surface area contributed by atoms with Crippen LogP contribution in [0.5, 0.6) is 0 Å². The minimum Gasteiger partial charge on any atom is -0.356 e. The SMILES string of the molecule is CC.CC.CC.CC.CCCCCC(=O)NCCCCC(NC(=O)CCCCC)C(=O)NC(CCCCNC)C(C)=O. The molecule has 4 N–H and O–H groups in total. The highest BCUT2D eigenvalue weighted by Crippen LogP contribution is 2.07. The molecule has 0 aliphatic carbocycles. The number of hydrogen-bond acceptors (Lipinski definition) is 5. The highest BCUT2D eigenvalue weighted by Gasteiger charge is 2.24. The zero-order valence-electron chi connectivity index (χ0n) is 30.1. The molecule has 0 heterocycles. The Morgan fingerprint density at radius 2 is 1.00 bits per heavy atom. The van der Waals surface area contributed by atoms with Crippen molar-refractivity contribution >= 4 is 23.5 Å². The van der Waals surface area contributed by atoms with E-state index >= 15 is 0 Å². The number of amides is 3. The third-order valence-electron chi connectivity index (χ3n) is 5.89. The Morgan fingerprint density at radius 3 is 1.45 bits per heavy atom. The first-order valence-corrected chi connectivity index (χ1v) is 17.4. The molecule has 8 heteroatoms. The smallest absolute Gasteiger partial charge is 0.243 e. The molecule has 0 aliphatic rings. The number of ketones is 1. The van der Waals surface area contributed by atoms with Gasteiger partial charge in [0.1, 0.15) is 6.04 Å². The number of rotatable bonds is 22. The molecule has 2 unspecified atom stereocenters. The van der Waals surface area contributed by atoms with Crippen LogP contribution < -0.4 is 21.3 Å². The monoisotopic (exact) mass is 603 g/mol. The number of nitrogens with one attached hydrogen (secondary N) is 4. The molecule has 0 aliphatic heterocycles. The molecule has 2 atom stereocenters. The summed E-state index contributed by atoms with van der Waals surface area (Å²) in [6.45, 7) is 23.1. The zero-order chi connectivity index (χ0) is 33.6. The molecule has 0 aromatic heterocycles. The quantitative estimate of drug-likeness (QED) is 0.0958. The molecule has 0 fully saturated rings. The first kappa shape index (κ1) is 49.7. The highest BCUT2D eigenvalue weighted by atomic mass is 16.2. The van der Waals surface area contributed by atoms with Crippen molar-refractivity contribution in [1.29, 1.82) is 0 Å². The summed E-state index contributed by atoms with van der Waals surface area (Å²) in [5.41, 5.74) is 0. The molecule has 0 rings (SSSR count). The average Bonchev–Trinajstić information content (AvgIpc) is 3.02. The fraction of sp³-hybridized carbons (Fsp3) is 0.882. The van der Waals surface area contributed by atoms with Crippen molar-refractivity contribution in [3.8, 4) is 0 Å². The maximum atomic E-state index is 13.0. The third kappa shape index (κ3) is 36.1. The van der Waals surface area contributed by atoms with Crippen LogP contribution in [0, 0.1) is 0 Å². The molecular formula is C34H74N4O4. The van der Waals surface area contributed by atoms with E-state index in [-0.39, 0.29) is 23.5 Å². The van der Waals surface area contributed by atoms with E-state index in [1.807, 2.05) is 62.4 Å². The lowest BCUT2D eigenvalue weighted by molar-refractivity contribution is -0.131. The Balaban J connectivity index is -0.000000521. The molecular weight excluding hydrogens is 528 g/mol. The molecule has 254 valence electrons. The van der Waals surface area contributed by atoms with Crippen molar-refractivity contribution in [1.82, 2.24) is 21.3 Å². The van der Waals surface area contributed by atoms with Crippen molar-refractivity contribution in [2.75, 3.05) is 20.1 Å². The lowest BCUT2D eigenvalue weighted by atomic mass is 10.0. The Morgan fingerprint density at radius 1 is 0.548 bits per heavy atom. The van der Waals surface area contributed by atoms with Gasteiger partial charge in [0.2, 0.25) is 17.7 Å². The first-order valence-electron chi connectivity index (χ1n) is 17.4. The fourth-order valence-electron chi connectivity index (χ4n) is 3.70. The van der Waals surface area contributed by atoms with E-state index in [1.165, 1.54) is 6.92 Å². The van der Waals surface area contributed by atoms with E-state index < -0.39 is 12.1 Å². The molecule has 0 saturated heterocycles. The Labute approximate surface area is 262 Å². The summed E-state index contributed by atoms with van der Waals surface area (Å²) in [5.74, 6) is -0.446. The van der Waals surface area contributed by atoms with Crippen LogP contribution in [0.3, 0.4) is 0 Å². The maximum absolute atomic E-state index is 13.0. The van der Waals surface area contributed by atoms with Gasteiger partial charge in [-0.2, -0.15) is 0 Å². The number of carbonyl (C=O) groups excluding carboxylic acids is 4. The zero-order valence-corrected chi connectivity index (χ0v) is 30.1. The van der Waals surface area contributed by atoms with Gasteiger partial charge < -0.3 is 21.3 Å². The number of hydrogen-bond donors (Lipinski definition) is 4. The number of Topliss-reactive ketones (excluding diaryl/α,β-unsaturated/α-hetero) is 1. The third-order valence-corrected chi connectivity index (χ3v) is 5.89. The molecule has 0 aromatic rings. The summed E-state index contributed by atoms with van der Waals surface area (Å²) in [7, 11) is 1.88. The predicted molar refractivity (Wildman–Crippen MR) is 183 cm³/mol. The normalized spacial score (nSPS) is 10.8. The predicted octanol–water partition coefficient (Wildman–Crippen LogP) is 7.49. The largest absolute Gasteiger partial charge is 0.356 e. The van der Waals surface area contributed by atoms with Gasteiger partial charge in [-0.15, -0.1) is 0 Å². The van der Waals surface area contributed by atoms with Gasteiger partial charge in [0.15, 0.2) is 5.78 Å². The first-order chi connectivity index (χ1) is 20.3. The summed E-state index contributed by atoms with van der Waals surface area (Å²) < 4.78 is 0. The van der Waals surface area contributed by atoms with Gasteiger partial charge in [-0.1, -0.05) is 94.9 Å². The van der Waals surface area contributed by atoms with Crippen LogP contribution in [0.15, 0.2) is 0 Å². The van der Waals surface area contributed by atoms with E-state index in [0.717, 1.165) is 64.3 Å². The van der Waals surface area contributed by atoms with E-state index in [1.54, 1.807) is 0 Å². The minimum atomic E-state index is -0.673. The number of unbranched alkanes of at least 4 members (excludes halogenated alkanes) is 6. The van der Waals surface area contributed by atoms with Gasteiger partial charge >= 0.3 is 0 Å². The van der Waals surface area contributed by atoms with Gasteiger partial charge in [0.25, 0.3) is 0 Å². The van der Waals surface area contributed by atoms with Gasteiger partial charge in [-0.05, 0) is 71.9 Å². The summed E-state index contributed by atoms with van der Waals surface area (Å²) in [6.07, 6.45) is 11.0. The lowest BCUT2D eigenvalue weighted by Crippen LogP contribution is -2.51. The maximum Gasteiger partial charge on any atom is 0.243 e. The van der Waals surface area contributed by atoms with E-state index in [9.17, 15) is 19.2 Å². The van der Waals surface area contributed by atoms with E-state index in [4.69, 9.17) is 0 Å². The molecule has 8 nitrogen and oxygen atoms in total. The van der Waals surface area contributed by atoms with Crippen LogP contribution in [0.2, 0.25) is 0 Å². The Bertz CT molecular complexity index is 586. The fourth-order valence-corrected chi connectivity index (χ4v) is 3.70. The molecule has 0 aromatic carbocycles. The van der Waals surface area contributed by atoms with Crippen LogP contribution in [-0.4, -0.2) is 55.7 Å². The summed E-state index contributed by atoms with van der Waals surface area (Å²) in [6, 6.07) is -1.21. The average molecular weight is 603 g/mol. The van der Waals surface area contributed by atoms with Crippen LogP contribution in [0.1, 0.15) is 166 Å². The van der Waals surface area contributed by atoms with E-state index in [0.29, 0.717) is 38.6 Å². The van der Waals surface area contributed by atoms with Gasteiger partial charge in [-0.25, -0.2) is 0 Å². The topological polar surface area (TPSA) is 116 Å². The van der Waals surface area contributed by atoms with Crippen molar-refractivity contribution in [2.45, 2.75) is 178 Å². The standard InChI is InChI=1S/C26H50N4O4.4C2H6/c1-5-7-9-17-24(32)28-20-14-12-16-23(29-25(33)18-10-8-6-2)26(34)30-22(21(3)31)15-11-13-19-27-4;4*1-2/h22-23,27H,5-20H2,1-4H3,(H,28,32)(H,29,33)(H,30,34);4*1-2H3. The molecule has 0 saturated carbocycles. The van der Waals surface area contributed by atoms with Gasteiger partial charge in [0.05, 0.1) is 6.04 Å². The second-order valence-corrected chi connectivity index (χ2v) is 9.15. The van der Waals surface area contributed by atoms with Gasteiger partial charge in [0, 0.05) is 19.4 Å². The van der Waals surface area contributed by atoms with E-state index in [2.05, 4.69) is 35.1 Å². The summed E-state index contributed by atoms with van der Waals surface area (Å²) >= 11 is 0. The molecule has 42 heavy (non-hydrogen) atoms. The van der Waals surface area contributed by atoms with Crippen LogP contribution in [0.4, 0.5) is 0 Å². The van der Waals surface area contributed by atoms with Crippen LogP contribution >= 0.6 is 0 Å². The highest BCUT2D eigenvalue weighted by molar-refractivity contribution is 5.92. The van der Waals surface area contributed by atoms with Crippen LogP contribution in [-0.2, 0) is 19.2 Å². The molecule has 0 spiro atoms. The van der Waals surface area contributed by atoms with Crippen molar-refractivity contribution in [3.63, 3.8) is 0 Å². The van der Waals surface area contributed by atoms with Crippen LogP contribution in [0.25, 0.3) is 0 Å². The lowest BCUT2D eigenvalue weighted by Gasteiger charge is -2.22. The van der Waals surface area contributed by atoms with Crippen molar-refractivity contribution in [2.24, 2.45) is 0 Å². The second-order valence-electron chi connectivity index (χ2n) is 9.15.